The summed E-state index contributed by atoms with van der Waals surface area (Å²) in [5.74, 6) is -0.350. The first-order chi connectivity index (χ1) is 7.02. The minimum atomic E-state index is -0.350. The Labute approximate surface area is 90.9 Å². The number of hydrogen-bond acceptors (Lipinski definition) is 2. The number of rotatable bonds is 4. The second-order valence-corrected chi connectivity index (χ2v) is 4.04. The van der Waals surface area contributed by atoms with Gasteiger partial charge in [-0.25, -0.2) is 0 Å². The molecule has 1 amide bonds. The molecule has 0 fully saturated rings. The molecule has 1 aromatic rings. The summed E-state index contributed by atoms with van der Waals surface area (Å²) in [6.45, 7) is 2.12. The first kappa shape index (κ1) is 11.7. The van der Waals surface area contributed by atoms with Crippen LogP contribution in [0.2, 0.25) is 0 Å². The van der Waals surface area contributed by atoms with Gasteiger partial charge in [0.05, 0.1) is 0 Å². The van der Waals surface area contributed by atoms with Gasteiger partial charge < -0.3 is 10.6 Å². The molecular formula is C12H18N2O. The van der Waals surface area contributed by atoms with Crippen LogP contribution in [0.5, 0.6) is 0 Å². The van der Waals surface area contributed by atoms with Gasteiger partial charge in [-0.05, 0) is 39.1 Å². The Balaban J connectivity index is 2.89. The van der Waals surface area contributed by atoms with E-state index in [1.165, 1.54) is 0 Å². The van der Waals surface area contributed by atoms with E-state index in [0.29, 0.717) is 11.6 Å². The molecule has 82 valence electrons. The quantitative estimate of drug-likeness (QED) is 0.806. The third-order valence-corrected chi connectivity index (χ3v) is 2.68. The zero-order valence-corrected chi connectivity index (χ0v) is 9.53. The summed E-state index contributed by atoms with van der Waals surface area (Å²) < 4.78 is 0. The molecule has 1 aromatic carbocycles. The molecule has 0 spiro atoms. The molecule has 0 radical (unpaired) electrons. The third-order valence-electron chi connectivity index (χ3n) is 2.68. The van der Waals surface area contributed by atoms with Crippen LogP contribution in [-0.4, -0.2) is 30.9 Å². The van der Waals surface area contributed by atoms with Gasteiger partial charge in [0.2, 0.25) is 5.91 Å². The maximum Gasteiger partial charge on any atom is 0.248 e. The first-order valence-corrected chi connectivity index (χ1v) is 5.06. The molecule has 1 unspecified atom stereocenters. The molecule has 0 bridgehead atoms. The lowest BCUT2D eigenvalue weighted by molar-refractivity contribution is 0.0999. The fraction of sp³-hybridized carbons (Fsp3) is 0.417. The van der Waals surface area contributed by atoms with Crippen LogP contribution in [0, 0.1) is 0 Å². The lowest BCUT2D eigenvalue weighted by atomic mass is 10.0. The number of amides is 1. The Morgan fingerprint density at radius 1 is 1.40 bits per heavy atom. The van der Waals surface area contributed by atoms with Crippen molar-refractivity contribution in [2.75, 3.05) is 14.1 Å². The topological polar surface area (TPSA) is 46.3 Å². The molecule has 0 aliphatic rings. The van der Waals surface area contributed by atoms with Crippen LogP contribution in [0.1, 0.15) is 22.8 Å². The smallest absolute Gasteiger partial charge is 0.248 e. The molecule has 0 aliphatic carbocycles. The molecular weight excluding hydrogens is 188 g/mol. The van der Waals surface area contributed by atoms with Crippen molar-refractivity contribution in [3.05, 3.63) is 35.4 Å². The van der Waals surface area contributed by atoms with Crippen LogP contribution in [0.15, 0.2) is 24.3 Å². The summed E-state index contributed by atoms with van der Waals surface area (Å²) in [6, 6.07) is 7.90. The molecule has 2 N–H and O–H groups in total. The van der Waals surface area contributed by atoms with E-state index >= 15 is 0 Å². The largest absolute Gasteiger partial charge is 0.366 e. The molecule has 1 atom stereocenters. The zero-order chi connectivity index (χ0) is 11.4. The molecule has 0 saturated carbocycles. The Morgan fingerprint density at radius 3 is 2.53 bits per heavy atom. The second-order valence-electron chi connectivity index (χ2n) is 4.04. The minimum Gasteiger partial charge on any atom is -0.366 e. The van der Waals surface area contributed by atoms with Gasteiger partial charge in [-0.1, -0.05) is 18.2 Å². The number of carbonyl (C=O) groups is 1. The predicted molar refractivity (Wildman–Crippen MR) is 61.8 cm³/mol. The van der Waals surface area contributed by atoms with Crippen molar-refractivity contribution in [1.29, 1.82) is 0 Å². The number of primary amides is 1. The van der Waals surface area contributed by atoms with Crippen LogP contribution in [-0.2, 0) is 6.42 Å². The van der Waals surface area contributed by atoms with Crippen LogP contribution in [0.3, 0.4) is 0 Å². The standard InChI is InChI=1S/C12H18N2O/c1-9(14(2)3)8-10-6-4-5-7-11(10)12(13)15/h4-7,9H,8H2,1-3H3,(H2,13,15). The Bertz CT molecular complexity index is 347. The number of nitrogens with two attached hydrogens (primary N) is 1. The van der Waals surface area contributed by atoms with E-state index in [1.807, 2.05) is 32.3 Å². The second kappa shape index (κ2) is 4.94. The maximum absolute atomic E-state index is 11.2. The fourth-order valence-corrected chi connectivity index (χ4v) is 1.44. The van der Waals surface area contributed by atoms with Gasteiger partial charge in [0.25, 0.3) is 0 Å². The molecule has 0 heterocycles. The van der Waals surface area contributed by atoms with Crippen molar-refractivity contribution in [2.24, 2.45) is 5.73 Å². The van der Waals surface area contributed by atoms with Gasteiger partial charge >= 0.3 is 0 Å². The number of carbonyl (C=O) groups excluding carboxylic acids is 1. The average Bonchev–Trinajstić information content (AvgIpc) is 2.18. The van der Waals surface area contributed by atoms with Crippen LogP contribution < -0.4 is 5.73 Å². The van der Waals surface area contributed by atoms with Crippen molar-refractivity contribution in [1.82, 2.24) is 4.90 Å². The van der Waals surface area contributed by atoms with Gasteiger partial charge in [-0.2, -0.15) is 0 Å². The summed E-state index contributed by atoms with van der Waals surface area (Å²) >= 11 is 0. The highest BCUT2D eigenvalue weighted by Gasteiger charge is 2.11. The molecule has 0 saturated heterocycles. The highest BCUT2D eigenvalue weighted by molar-refractivity contribution is 5.94. The molecule has 3 heteroatoms. The zero-order valence-electron chi connectivity index (χ0n) is 9.53. The van der Waals surface area contributed by atoms with Gasteiger partial charge in [0, 0.05) is 11.6 Å². The number of benzene rings is 1. The van der Waals surface area contributed by atoms with E-state index in [9.17, 15) is 4.79 Å². The lowest BCUT2D eigenvalue weighted by Gasteiger charge is -2.20. The average molecular weight is 206 g/mol. The first-order valence-electron chi connectivity index (χ1n) is 5.06. The van der Waals surface area contributed by atoms with E-state index in [-0.39, 0.29) is 5.91 Å². The maximum atomic E-state index is 11.2. The van der Waals surface area contributed by atoms with E-state index < -0.39 is 0 Å². The molecule has 0 aliphatic heterocycles. The molecule has 15 heavy (non-hydrogen) atoms. The van der Waals surface area contributed by atoms with Gasteiger partial charge in [-0.15, -0.1) is 0 Å². The van der Waals surface area contributed by atoms with E-state index in [4.69, 9.17) is 5.73 Å². The van der Waals surface area contributed by atoms with Gasteiger partial charge in [0.15, 0.2) is 0 Å². The summed E-state index contributed by atoms with van der Waals surface area (Å²) in [4.78, 5) is 13.3. The SMILES string of the molecule is CC(Cc1ccccc1C(N)=O)N(C)C. The van der Waals surface area contributed by atoms with Crippen molar-refractivity contribution in [3.8, 4) is 0 Å². The summed E-state index contributed by atoms with van der Waals surface area (Å²) in [7, 11) is 4.05. The third kappa shape index (κ3) is 3.06. The van der Waals surface area contributed by atoms with Gasteiger partial charge in [0.1, 0.15) is 0 Å². The highest BCUT2D eigenvalue weighted by Crippen LogP contribution is 2.12. The molecule has 1 rings (SSSR count). The van der Waals surface area contributed by atoms with Crippen molar-refractivity contribution >= 4 is 5.91 Å². The monoisotopic (exact) mass is 206 g/mol. The molecule has 0 aromatic heterocycles. The predicted octanol–water partition coefficient (Wildman–Crippen LogP) is 1.28. The van der Waals surface area contributed by atoms with E-state index in [0.717, 1.165) is 12.0 Å². The lowest BCUT2D eigenvalue weighted by Crippen LogP contribution is -2.27. The van der Waals surface area contributed by atoms with Crippen molar-refractivity contribution < 1.29 is 4.79 Å². The van der Waals surface area contributed by atoms with E-state index in [1.54, 1.807) is 6.07 Å². The highest BCUT2D eigenvalue weighted by atomic mass is 16.1. The van der Waals surface area contributed by atoms with Crippen molar-refractivity contribution in [3.63, 3.8) is 0 Å². The van der Waals surface area contributed by atoms with E-state index in [2.05, 4.69) is 11.8 Å². The normalized spacial score (nSPS) is 12.8. The minimum absolute atomic E-state index is 0.350. The summed E-state index contributed by atoms with van der Waals surface area (Å²) in [5.41, 5.74) is 6.96. The Kier molecular flexibility index (Phi) is 3.86. The summed E-state index contributed by atoms with van der Waals surface area (Å²) in [5, 5.41) is 0. The van der Waals surface area contributed by atoms with Crippen molar-refractivity contribution in [2.45, 2.75) is 19.4 Å². The Morgan fingerprint density at radius 2 is 2.00 bits per heavy atom. The molecule has 3 nitrogen and oxygen atoms in total. The Hall–Kier alpha value is -1.35. The van der Waals surface area contributed by atoms with Gasteiger partial charge in [-0.3, -0.25) is 4.79 Å². The number of hydrogen-bond donors (Lipinski definition) is 1. The fourth-order valence-electron chi connectivity index (χ4n) is 1.44. The van der Waals surface area contributed by atoms with Crippen LogP contribution >= 0.6 is 0 Å². The number of likely N-dealkylation sites (N-methyl/N-ethyl adjacent to an activating group) is 1. The number of nitrogens with zero attached hydrogens (tertiary/aromatic N) is 1. The summed E-state index contributed by atoms with van der Waals surface area (Å²) in [6.07, 6.45) is 0.839. The van der Waals surface area contributed by atoms with Crippen LogP contribution in [0.4, 0.5) is 0 Å². The van der Waals surface area contributed by atoms with Crippen LogP contribution in [0.25, 0.3) is 0 Å².